The average molecular weight is 533 g/mol. The van der Waals surface area contributed by atoms with E-state index in [0.29, 0.717) is 23.0 Å². The van der Waals surface area contributed by atoms with Crippen LogP contribution in [-0.4, -0.2) is 47.2 Å². The summed E-state index contributed by atoms with van der Waals surface area (Å²) in [6.07, 6.45) is 0.501. The molecule has 2 heterocycles. The van der Waals surface area contributed by atoms with E-state index in [4.69, 9.17) is 14.6 Å². The van der Waals surface area contributed by atoms with E-state index in [9.17, 15) is 14.0 Å². The summed E-state index contributed by atoms with van der Waals surface area (Å²) in [5.41, 5.74) is 3.16. The van der Waals surface area contributed by atoms with Crippen LogP contribution in [0.1, 0.15) is 30.0 Å². The zero-order valence-corrected chi connectivity index (χ0v) is 21.6. The topological polar surface area (TPSA) is 92.6 Å². The largest absolute Gasteiger partial charge is 0.497 e. The molecule has 10 heteroatoms. The van der Waals surface area contributed by atoms with E-state index in [1.807, 2.05) is 24.3 Å². The maximum Gasteiger partial charge on any atom is 0.262 e. The molecule has 0 spiro atoms. The highest BCUT2D eigenvalue weighted by Crippen LogP contribution is 2.38. The van der Waals surface area contributed by atoms with Gasteiger partial charge in [0.25, 0.3) is 5.91 Å². The third-order valence-electron chi connectivity index (χ3n) is 6.26. The first-order valence-corrected chi connectivity index (χ1v) is 12.8. The highest BCUT2D eigenvalue weighted by Gasteiger charge is 2.39. The molecule has 5 rings (SSSR count). The SMILES string of the molecule is COc1ccc(NC(=O)C[C@H]2SC(N3N=C(c4ccc(OC)cc4)C[C@@H]3c3ccc(F)cc3)=NC2=O)cc1. The molecular formula is C28H25FN4O4S. The molecule has 0 aliphatic carbocycles. The van der Waals surface area contributed by atoms with Gasteiger partial charge in [0, 0.05) is 18.5 Å². The zero-order valence-electron chi connectivity index (χ0n) is 20.8. The molecule has 0 aromatic heterocycles. The Kier molecular flexibility index (Phi) is 7.41. The number of carbonyl (C=O) groups is 2. The third-order valence-corrected chi connectivity index (χ3v) is 7.40. The van der Waals surface area contributed by atoms with E-state index in [2.05, 4.69) is 10.3 Å². The van der Waals surface area contributed by atoms with Crippen LogP contribution in [0, 0.1) is 5.82 Å². The van der Waals surface area contributed by atoms with Gasteiger partial charge in [-0.2, -0.15) is 10.1 Å². The van der Waals surface area contributed by atoms with Crippen molar-refractivity contribution in [3.05, 3.63) is 89.7 Å². The molecule has 0 saturated heterocycles. The molecule has 0 bridgehead atoms. The Morgan fingerprint density at radius 1 is 1.00 bits per heavy atom. The molecule has 0 radical (unpaired) electrons. The fourth-order valence-electron chi connectivity index (χ4n) is 4.25. The number of rotatable bonds is 7. The number of ether oxygens (including phenoxy) is 2. The zero-order chi connectivity index (χ0) is 26.6. The van der Waals surface area contributed by atoms with Gasteiger partial charge < -0.3 is 14.8 Å². The Morgan fingerprint density at radius 3 is 2.26 bits per heavy atom. The minimum absolute atomic E-state index is 0.0351. The number of hydrogen-bond donors (Lipinski definition) is 1. The van der Waals surface area contributed by atoms with Gasteiger partial charge in [0.1, 0.15) is 22.6 Å². The van der Waals surface area contributed by atoms with Gasteiger partial charge in [-0.1, -0.05) is 23.9 Å². The highest BCUT2D eigenvalue weighted by atomic mass is 32.2. The van der Waals surface area contributed by atoms with Crippen molar-refractivity contribution in [2.45, 2.75) is 24.1 Å². The Bertz CT molecular complexity index is 1390. The number of amides is 2. The molecule has 3 aromatic carbocycles. The number of nitrogens with zero attached hydrogens (tertiary/aromatic N) is 3. The summed E-state index contributed by atoms with van der Waals surface area (Å²) in [6.45, 7) is 0. The number of amidine groups is 1. The van der Waals surface area contributed by atoms with Gasteiger partial charge >= 0.3 is 0 Å². The van der Waals surface area contributed by atoms with Crippen LogP contribution in [0.3, 0.4) is 0 Å². The van der Waals surface area contributed by atoms with Crippen molar-refractivity contribution < 1.29 is 23.5 Å². The van der Waals surface area contributed by atoms with Crippen LogP contribution in [0.25, 0.3) is 0 Å². The summed E-state index contributed by atoms with van der Waals surface area (Å²) in [6, 6.07) is 20.5. The van der Waals surface area contributed by atoms with E-state index in [1.54, 1.807) is 55.6 Å². The molecule has 2 amide bonds. The van der Waals surface area contributed by atoms with Gasteiger partial charge in [-0.15, -0.1) is 0 Å². The molecule has 0 fully saturated rings. The number of benzene rings is 3. The molecule has 0 saturated carbocycles. The van der Waals surface area contributed by atoms with Gasteiger partial charge in [-0.25, -0.2) is 9.40 Å². The summed E-state index contributed by atoms with van der Waals surface area (Å²) in [5, 5.41) is 9.06. The molecule has 2 aliphatic rings. The van der Waals surface area contributed by atoms with E-state index >= 15 is 0 Å². The van der Waals surface area contributed by atoms with Crippen molar-refractivity contribution in [2.24, 2.45) is 10.1 Å². The van der Waals surface area contributed by atoms with Crippen LogP contribution in [0.5, 0.6) is 11.5 Å². The second-order valence-electron chi connectivity index (χ2n) is 8.71. The summed E-state index contributed by atoms with van der Waals surface area (Å²) >= 11 is 1.21. The quantitative estimate of drug-likeness (QED) is 0.459. The van der Waals surface area contributed by atoms with Crippen LogP contribution in [-0.2, 0) is 9.59 Å². The van der Waals surface area contributed by atoms with Crippen molar-refractivity contribution in [1.82, 2.24) is 5.01 Å². The number of nitrogens with one attached hydrogen (secondary N) is 1. The first kappa shape index (κ1) is 25.5. The summed E-state index contributed by atoms with van der Waals surface area (Å²) < 4.78 is 24.0. The summed E-state index contributed by atoms with van der Waals surface area (Å²) in [7, 11) is 3.17. The maximum atomic E-state index is 13.6. The van der Waals surface area contributed by atoms with Crippen LogP contribution in [0.4, 0.5) is 10.1 Å². The number of methoxy groups -OCH3 is 2. The lowest BCUT2D eigenvalue weighted by molar-refractivity contribution is -0.121. The van der Waals surface area contributed by atoms with Crippen molar-refractivity contribution >= 4 is 40.1 Å². The van der Waals surface area contributed by atoms with Crippen molar-refractivity contribution in [3.63, 3.8) is 0 Å². The van der Waals surface area contributed by atoms with E-state index in [1.165, 1.54) is 23.9 Å². The molecule has 2 atom stereocenters. The minimum atomic E-state index is -0.669. The maximum absolute atomic E-state index is 13.6. The number of carbonyl (C=O) groups excluding carboxylic acids is 2. The first-order valence-electron chi connectivity index (χ1n) is 11.9. The fraction of sp³-hybridized carbons (Fsp3) is 0.214. The normalized spacial score (nSPS) is 18.7. The molecular weight excluding hydrogens is 507 g/mol. The smallest absolute Gasteiger partial charge is 0.262 e. The third kappa shape index (κ3) is 5.55. The van der Waals surface area contributed by atoms with Crippen LogP contribution in [0.15, 0.2) is 82.9 Å². The fourth-order valence-corrected chi connectivity index (χ4v) is 5.31. The molecule has 1 N–H and O–H groups in total. The van der Waals surface area contributed by atoms with Gasteiger partial charge in [-0.3, -0.25) is 9.59 Å². The molecule has 8 nitrogen and oxygen atoms in total. The van der Waals surface area contributed by atoms with Crippen molar-refractivity contribution in [1.29, 1.82) is 0 Å². The Labute approximate surface area is 223 Å². The number of hydrazone groups is 1. The molecule has 2 aliphatic heterocycles. The second-order valence-corrected chi connectivity index (χ2v) is 9.88. The van der Waals surface area contributed by atoms with E-state index in [-0.39, 0.29) is 30.1 Å². The first-order chi connectivity index (χ1) is 18.4. The highest BCUT2D eigenvalue weighted by molar-refractivity contribution is 8.15. The van der Waals surface area contributed by atoms with Crippen LogP contribution >= 0.6 is 11.8 Å². The lowest BCUT2D eigenvalue weighted by Crippen LogP contribution is -2.25. The number of aliphatic imine (C=N–C) groups is 1. The number of thioether (sulfide) groups is 1. The molecule has 194 valence electrons. The van der Waals surface area contributed by atoms with Gasteiger partial charge in [0.15, 0.2) is 5.17 Å². The Hall–Kier alpha value is -4.18. The Balaban J connectivity index is 1.33. The number of halogens is 1. The molecule has 38 heavy (non-hydrogen) atoms. The second kappa shape index (κ2) is 11.1. The monoisotopic (exact) mass is 532 g/mol. The lowest BCUT2D eigenvalue weighted by atomic mass is 9.98. The summed E-state index contributed by atoms with van der Waals surface area (Å²) in [5.74, 6) is 0.396. The van der Waals surface area contributed by atoms with Gasteiger partial charge in [0.05, 0.1) is 26.0 Å². The molecule has 3 aromatic rings. The minimum Gasteiger partial charge on any atom is -0.497 e. The van der Waals surface area contributed by atoms with Gasteiger partial charge in [-0.05, 0) is 71.8 Å². The van der Waals surface area contributed by atoms with E-state index in [0.717, 1.165) is 22.6 Å². The predicted octanol–water partition coefficient (Wildman–Crippen LogP) is 5.02. The van der Waals surface area contributed by atoms with Gasteiger partial charge in [0.2, 0.25) is 5.91 Å². The Morgan fingerprint density at radius 2 is 1.63 bits per heavy atom. The van der Waals surface area contributed by atoms with E-state index < -0.39 is 5.25 Å². The number of anilines is 1. The van der Waals surface area contributed by atoms with Crippen molar-refractivity contribution in [2.75, 3.05) is 19.5 Å². The van der Waals surface area contributed by atoms with Crippen LogP contribution < -0.4 is 14.8 Å². The van der Waals surface area contributed by atoms with Crippen LogP contribution in [0.2, 0.25) is 0 Å². The van der Waals surface area contributed by atoms with Crippen molar-refractivity contribution in [3.8, 4) is 11.5 Å². The average Bonchev–Trinajstić information content (AvgIpc) is 3.53. The lowest BCUT2D eigenvalue weighted by Gasteiger charge is -2.23. The number of hydrogen-bond acceptors (Lipinski definition) is 7. The predicted molar refractivity (Wildman–Crippen MR) is 145 cm³/mol. The summed E-state index contributed by atoms with van der Waals surface area (Å²) in [4.78, 5) is 29.7. The molecule has 0 unspecified atom stereocenters. The standard InChI is InChI=1S/C28H25FN4O4S/c1-36-21-11-5-17(6-12-21)23-15-24(18-3-7-19(29)8-4-18)33(32-23)28-31-27(35)25(38-28)16-26(34)30-20-9-13-22(37-2)14-10-20/h3-14,24-25H,15-16H2,1-2H3,(H,30,34)/t24-,25-/m1/s1.